The third-order valence-corrected chi connectivity index (χ3v) is 1.41. The zero-order chi connectivity index (χ0) is 9.80. The van der Waals surface area contributed by atoms with Crippen LogP contribution in [0.5, 0.6) is 0 Å². The van der Waals surface area contributed by atoms with Crippen LogP contribution in [0.15, 0.2) is 24.9 Å². The molecule has 0 aromatic carbocycles. The molecule has 14 heavy (non-hydrogen) atoms. The molecule has 70 valence electrons. The maximum Gasteiger partial charge on any atom is 0.233 e. The van der Waals surface area contributed by atoms with E-state index in [0.717, 1.165) is 0 Å². The molecule has 0 unspecified atom stereocenters. The highest BCUT2D eigenvalue weighted by molar-refractivity contribution is 5.46. The number of nitrogens with one attached hydrogen (secondary N) is 1. The first kappa shape index (κ1) is 8.30. The average molecular weight is 189 g/mol. The van der Waals surface area contributed by atoms with Gasteiger partial charge in [-0.25, -0.2) is 19.9 Å². The fourth-order valence-electron chi connectivity index (χ4n) is 0.848. The van der Waals surface area contributed by atoms with Gasteiger partial charge in [-0.2, -0.15) is 4.98 Å². The quantitative estimate of drug-likeness (QED) is 0.684. The summed E-state index contributed by atoms with van der Waals surface area (Å²) in [6.45, 7) is 0. The van der Waals surface area contributed by atoms with Gasteiger partial charge in [0.2, 0.25) is 11.9 Å². The Morgan fingerprint density at radius 1 is 1.14 bits per heavy atom. The van der Waals surface area contributed by atoms with E-state index in [1.165, 1.54) is 12.7 Å². The zero-order valence-electron chi connectivity index (χ0n) is 7.12. The minimum absolute atomic E-state index is 0.163. The highest BCUT2D eigenvalue weighted by atomic mass is 15.2. The summed E-state index contributed by atoms with van der Waals surface area (Å²) in [5.74, 6) is 1.12. The molecule has 0 bridgehead atoms. The van der Waals surface area contributed by atoms with Crippen molar-refractivity contribution in [2.45, 2.75) is 0 Å². The van der Waals surface area contributed by atoms with Crippen LogP contribution < -0.4 is 11.1 Å². The zero-order valence-corrected chi connectivity index (χ0v) is 7.12. The van der Waals surface area contributed by atoms with Crippen molar-refractivity contribution in [2.24, 2.45) is 0 Å². The van der Waals surface area contributed by atoms with Gasteiger partial charge in [0, 0.05) is 6.20 Å². The van der Waals surface area contributed by atoms with Gasteiger partial charge in [-0.1, -0.05) is 0 Å². The largest absolute Gasteiger partial charge is 0.368 e. The molecular weight excluding hydrogens is 182 g/mol. The molecule has 0 amide bonds. The molecule has 3 N–H and O–H groups in total. The molecule has 0 saturated heterocycles. The Morgan fingerprint density at radius 2 is 2.07 bits per heavy atom. The molecule has 0 aliphatic heterocycles. The van der Waals surface area contributed by atoms with Gasteiger partial charge in [0.1, 0.15) is 18.5 Å². The van der Waals surface area contributed by atoms with Crippen LogP contribution in [-0.4, -0.2) is 24.9 Å². The van der Waals surface area contributed by atoms with E-state index in [9.17, 15) is 0 Å². The van der Waals surface area contributed by atoms with Gasteiger partial charge in [-0.05, 0) is 6.07 Å². The Balaban J connectivity index is 2.19. The van der Waals surface area contributed by atoms with Crippen molar-refractivity contribution in [3.05, 3.63) is 24.9 Å². The highest BCUT2D eigenvalue weighted by Gasteiger charge is 1.98. The van der Waals surface area contributed by atoms with Gasteiger partial charge in [-0.3, -0.25) is 0 Å². The summed E-state index contributed by atoms with van der Waals surface area (Å²) in [6.07, 6.45) is 4.36. The molecule has 0 fully saturated rings. The molecule has 0 saturated carbocycles. The summed E-state index contributed by atoms with van der Waals surface area (Å²) < 4.78 is 0. The summed E-state index contributed by atoms with van der Waals surface area (Å²) in [5.41, 5.74) is 5.38. The fraction of sp³-hybridized carbons (Fsp3) is 0. The Bertz CT molecular complexity index is 415. The average Bonchev–Trinajstić information content (AvgIpc) is 2.19. The lowest BCUT2D eigenvalue weighted by molar-refractivity contribution is 1.06. The Kier molecular flexibility index (Phi) is 2.14. The fourth-order valence-corrected chi connectivity index (χ4v) is 0.848. The highest BCUT2D eigenvalue weighted by Crippen LogP contribution is 2.06. The molecule has 2 aromatic heterocycles. The number of anilines is 3. The summed E-state index contributed by atoms with van der Waals surface area (Å²) in [5, 5.41) is 2.85. The van der Waals surface area contributed by atoms with E-state index < -0.39 is 0 Å². The third-order valence-electron chi connectivity index (χ3n) is 1.41. The molecular formula is C7H7N7. The molecule has 7 nitrogen and oxygen atoms in total. The smallest absolute Gasteiger partial charge is 0.233 e. The third kappa shape index (κ3) is 1.89. The molecule has 7 heteroatoms. The first-order valence-corrected chi connectivity index (χ1v) is 3.82. The summed E-state index contributed by atoms with van der Waals surface area (Å²) >= 11 is 0. The van der Waals surface area contributed by atoms with Crippen LogP contribution in [-0.2, 0) is 0 Å². The number of hydrogen-bond donors (Lipinski definition) is 2. The van der Waals surface area contributed by atoms with Gasteiger partial charge in [0.25, 0.3) is 0 Å². The molecule has 2 heterocycles. The molecule has 0 aliphatic carbocycles. The summed E-state index contributed by atoms with van der Waals surface area (Å²) in [4.78, 5) is 19.1. The maximum atomic E-state index is 5.38. The van der Waals surface area contributed by atoms with Crippen LogP contribution in [0, 0.1) is 0 Å². The lowest BCUT2D eigenvalue weighted by atomic mass is 10.6. The Hall–Kier alpha value is -2.31. The van der Waals surface area contributed by atoms with E-state index >= 15 is 0 Å². The Morgan fingerprint density at radius 3 is 2.79 bits per heavy atom. The van der Waals surface area contributed by atoms with E-state index in [0.29, 0.717) is 11.8 Å². The summed E-state index contributed by atoms with van der Waals surface area (Å²) in [6, 6.07) is 1.69. The number of hydrogen-bond acceptors (Lipinski definition) is 7. The SMILES string of the molecule is Nc1ncnc(Nc2ccncn2)n1. The summed E-state index contributed by atoms with van der Waals surface area (Å²) in [7, 11) is 0. The van der Waals surface area contributed by atoms with E-state index in [1.807, 2.05) is 0 Å². The molecule has 2 aromatic rings. The molecule has 0 radical (unpaired) electrons. The number of nitrogens with zero attached hydrogens (tertiary/aromatic N) is 5. The lowest BCUT2D eigenvalue weighted by Gasteiger charge is -2.01. The number of aromatic nitrogens is 5. The van der Waals surface area contributed by atoms with Gasteiger partial charge in [0.15, 0.2) is 0 Å². The van der Waals surface area contributed by atoms with Crippen molar-refractivity contribution in [1.29, 1.82) is 0 Å². The molecule has 0 spiro atoms. The van der Waals surface area contributed by atoms with Gasteiger partial charge in [-0.15, -0.1) is 0 Å². The van der Waals surface area contributed by atoms with Crippen molar-refractivity contribution < 1.29 is 0 Å². The van der Waals surface area contributed by atoms with Crippen molar-refractivity contribution in [3.63, 3.8) is 0 Å². The van der Waals surface area contributed by atoms with Crippen LogP contribution in [0.2, 0.25) is 0 Å². The standard InChI is InChI=1S/C7H7N7/c8-6-11-4-12-7(14-6)13-5-1-2-9-3-10-5/h1-4H,(H3,8,9,10,11,12,13,14). The van der Waals surface area contributed by atoms with Crippen LogP contribution >= 0.6 is 0 Å². The van der Waals surface area contributed by atoms with Gasteiger partial charge in [0.05, 0.1) is 0 Å². The van der Waals surface area contributed by atoms with Crippen LogP contribution in [0.4, 0.5) is 17.7 Å². The maximum absolute atomic E-state index is 5.38. The monoisotopic (exact) mass is 189 g/mol. The number of nitrogen functional groups attached to an aromatic ring is 1. The van der Waals surface area contributed by atoms with E-state index in [-0.39, 0.29) is 5.95 Å². The van der Waals surface area contributed by atoms with Crippen LogP contribution in [0.25, 0.3) is 0 Å². The van der Waals surface area contributed by atoms with Crippen molar-refractivity contribution in [2.75, 3.05) is 11.1 Å². The second kappa shape index (κ2) is 3.60. The van der Waals surface area contributed by atoms with Crippen LogP contribution in [0.1, 0.15) is 0 Å². The molecule has 2 rings (SSSR count). The number of rotatable bonds is 2. The minimum atomic E-state index is 0.163. The Labute approximate surface area is 79.5 Å². The predicted octanol–water partition coefficient (Wildman–Crippen LogP) is -0.0126. The van der Waals surface area contributed by atoms with E-state index in [4.69, 9.17) is 5.73 Å². The van der Waals surface area contributed by atoms with Gasteiger partial charge < -0.3 is 11.1 Å². The van der Waals surface area contributed by atoms with E-state index in [1.54, 1.807) is 12.3 Å². The van der Waals surface area contributed by atoms with E-state index in [2.05, 4.69) is 30.2 Å². The molecule has 0 aliphatic rings. The van der Waals surface area contributed by atoms with Crippen molar-refractivity contribution >= 4 is 17.7 Å². The van der Waals surface area contributed by atoms with Crippen LogP contribution in [0.3, 0.4) is 0 Å². The normalized spacial score (nSPS) is 9.71. The molecule has 0 atom stereocenters. The second-order valence-corrected chi connectivity index (χ2v) is 2.39. The predicted molar refractivity (Wildman–Crippen MR) is 49.6 cm³/mol. The van der Waals surface area contributed by atoms with Crippen molar-refractivity contribution in [1.82, 2.24) is 24.9 Å². The first-order chi connectivity index (χ1) is 6.84. The second-order valence-electron chi connectivity index (χ2n) is 2.39. The lowest BCUT2D eigenvalue weighted by Crippen LogP contribution is -2.02. The minimum Gasteiger partial charge on any atom is -0.368 e. The topological polar surface area (TPSA) is 102 Å². The van der Waals surface area contributed by atoms with Gasteiger partial charge >= 0.3 is 0 Å². The van der Waals surface area contributed by atoms with Crippen molar-refractivity contribution in [3.8, 4) is 0 Å². The first-order valence-electron chi connectivity index (χ1n) is 3.82. The number of nitrogens with two attached hydrogens (primary N) is 1.